The molecule has 0 aliphatic heterocycles. The third-order valence-corrected chi connectivity index (χ3v) is 3.70. The maximum absolute atomic E-state index is 9.26. The molecule has 20 heavy (non-hydrogen) atoms. The van der Waals surface area contributed by atoms with Crippen LogP contribution < -0.4 is 0 Å². The highest BCUT2D eigenvalue weighted by Gasteiger charge is 2.20. The summed E-state index contributed by atoms with van der Waals surface area (Å²) >= 11 is 16.3. The monoisotopic (exact) mass is 318 g/mol. The largest absolute Gasteiger partial charge is 0.192 e. The second-order valence-electron chi connectivity index (χ2n) is 3.99. The molecule has 0 amide bonds. The summed E-state index contributed by atoms with van der Waals surface area (Å²) in [6.07, 6.45) is 0. The van der Waals surface area contributed by atoms with Gasteiger partial charge >= 0.3 is 0 Å². The van der Waals surface area contributed by atoms with Gasteiger partial charge in [0.2, 0.25) is 0 Å². The molecule has 0 aliphatic rings. The minimum atomic E-state index is -0.876. The fourth-order valence-corrected chi connectivity index (χ4v) is 2.70. The van der Waals surface area contributed by atoms with E-state index in [1.165, 1.54) is 0 Å². The lowest BCUT2D eigenvalue weighted by atomic mass is 9.93. The Morgan fingerprint density at radius 3 is 2.25 bits per heavy atom. The van der Waals surface area contributed by atoms with Crippen LogP contribution in [0, 0.1) is 22.7 Å². The summed E-state index contributed by atoms with van der Waals surface area (Å²) in [7, 11) is 0. The van der Waals surface area contributed by atoms with Crippen LogP contribution in [0.1, 0.15) is 21.5 Å². The van der Waals surface area contributed by atoms with E-state index in [1.807, 2.05) is 6.07 Å². The average molecular weight is 319 g/mol. The number of nitriles is 2. The number of benzene rings is 2. The molecule has 2 nitrogen and oxygen atoms in total. The highest BCUT2D eigenvalue weighted by molar-refractivity contribution is 7.80. The molecule has 2 aromatic carbocycles. The molecule has 0 heterocycles. The van der Waals surface area contributed by atoms with E-state index in [9.17, 15) is 10.5 Å². The molecule has 0 atom stereocenters. The van der Waals surface area contributed by atoms with Crippen LogP contribution >= 0.6 is 35.8 Å². The summed E-state index contributed by atoms with van der Waals surface area (Å²) in [5.41, 5.74) is 2.67. The Morgan fingerprint density at radius 2 is 1.65 bits per heavy atom. The first kappa shape index (κ1) is 14.8. The van der Waals surface area contributed by atoms with E-state index in [1.54, 1.807) is 30.3 Å². The van der Waals surface area contributed by atoms with Crippen molar-refractivity contribution in [3.63, 3.8) is 0 Å². The lowest BCUT2D eigenvalue weighted by Crippen LogP contribution is -1.97. The van der Waals surface area contributed by atoms with Gasteiger partial charge < -0.3 is 0 Å². The van der Waals surface area contributed by atoms with Gasteiger partial charge in [0, 0.05) is 10.5 Å². The standard InChI is InChI=1S/C15H8Cl2N2S/c16-15(17)14-11(5-6-13(20)12(14)8-19)10-4-2-1-3-9(10)7-18/h1-6,15,20H. The number of rotatable bonds is 2. The first-order valence-electron chi connectivity index (χ1n) is 5.63. The van der Waals surface area contributed by atoms with Gasteiger partial charge in [-0.2, -0.15) is 10.5 Å². The van der Waals surface area contributed by atoms with Crippen molar-refractivity contribution in [1.82, 2.24) is 0 Å². The number of hydrogen-bond acceptors (Lipinski definition) is 3. The Bertz CT molecular complexity index is 743. The van der Waals surface area contributed by atoms with Crippen LogP contribution in [-0.2, 0) is 0 Å². The fourth-order valence-electron chi connectivity index (χ4n) is 2.00. The summed E-state index contributed by atoms with van der Waals surface area (Å²) in [4.78, 5) is -0.370. The SMILES string of the molecule is N#Cc1ccccc1-c1ccc(S)c(C#N)c1C(Cl)Cl. The second-order valence-corrected chi connectivity index (χ2v) is 5.57. The zero-order valence-electron chi connectivity index (χ0n) is 10.1. The summed E-state index contributed by atoms with van der Waals surface area (Å²) in [6, 6.07) is 14.8. The van der Waals surface area contributed by atoms with Crippen LogP contribution in [-0.4, -0.2) is 0 Å². The third-order valence-electron chi connectivity index (χ3n) is 2.89. The highest BCUT2D eigenvalue weighted by Crippen LogP contribution is 2.39. The zero-order valence-corrected chi connectivity index (χ0v) is 12.5. The molecule has 0 aliphatic carbocycles. The number of alkyl halides is 2. The van der Waals surface area contributed by atoms with Crippen molar-refractivity contribution in [2.75, 3.05) is 0 Å². The van der Waals surface area contributed by atoms with Gasteiger partial charge in [0.05, 0.1) is 17.2 Å². The molecule has 0 bridgehead atoms. The second kappa shape index (κ2) is 6.20. The van der Waals surface area contributed by atoms with Crippen LogP contribution in [0.25, 0.3) is 11.1 Å². The molecule has 2 aromatic rings. The minimum Gasteiger partial charge on any atom is -0.192 e. The summed E-state index contributed by atoms with van der Waals surface area (Å²) in [6.45, 7) is 0. The lowest BCUT2D eigenvalue weighted by Gasteiger charge is -2.14. The van der Waals surface area contributed by atoms with Gasteiger partial charge in [-0.25, -0.2) is 0 Å². The van der Waals surface area contributed by atoms with Gasteiger partial charge in [0.15, 0.2) is 0 Å². The van der Waals surface area contributed by atoms with E-state index in [4.69, 9.17) is 23.2 Å². The lowest BCUT2D eigenvalue weighted by molar-refractivity contribution is 1.24. The van der Waals surface area contributed by atoms with E-state index in [0.29, 0.717) is 32.7 Å². The molecule has 0 aromatic heterocycles. The van der Waals surface area contributed by atoms with Gasteiger partial charge in [-0.05, 0) is 23.3 Å². The van der Waals surface area contributed by atoms with Crippen molar-refractivity contribution >= 4 is 35.8 Å². The summed E-state index contributed by atoms with van der Waals surface area (Å²) in [5, 5.41) is 18.5. The molecule has 0 fully saturated rings. The zero-order chi connectivity index (χ0) is 14.7. The summed E-state index contributed by atoms with van der Waals surface area (Å²) in [5.74, 6) is 0. The number of hydrogen-bond donors (Lipinski definition) is 1. The van der Waals surface area contributed by atoms with Crippen LogP contribution in [0.5, 0.6) is 0 Å². The number of nitrogens with zero attached hydrogens (tertiary/aromatic N) is 2. The van der Waals surface area contributed by atoms with Crippen molar-refractivity contribution in [1.29, 1.82) is 10.5 Å². The molecule has 0 radical (unpaired) electrons. The van der Waals surface area contributed by atoms with E-state index in [-0.39, 0.29) is 0 Å². The Labute approximate surface area is 132 Å². The van der Waals surface area contributed by atoms with Gasteiger partial charge in [0.25, 0.3) is 0 Å². The van der Waals surface area contributed by atoms with Gasteiger partial charge in [0.1, 0.15) is 10.9 Å². The molecule has 0 N–H and O–H groups in total. The first-order valence-corrected chi connectivity index (χ1v) is 6.95. The predicted octanol–water partition coefficient (Wildman–Crippen LogP) is 4.86. The average Bonchev–Trinajstić information content (AvgIpc) is 2.46. The Hall–Kier alpha value is -1.65. The third kappa shape index (κ3) is 2.62. The topological polar surface area (TPSA) is 47.6 Å². The number of halogens is 2. The smallest absolute Gasteiger partial charge is 0.134 e. The fraction of sp³-hybridized carbons (Fsp3) is 0.0667. The number of thiol groups is 1. The Morgan fingerprint density at radius 1 is 0.950 bits per heavy atom. The quantitative estimate of drug-likeness (QED) is 0.634. The maximum Gasteiger partial charge on any atom is 0.134 e. The molecule has 0 saturated carbocycles. The van der Waals surface area contributed by atoms with E-state index in [0.717, 1.165) is 0 Å². The van der Waals surface area contributed by atoms with E-state index in [2.05, 4.69) is 24.8 Å². The molecule has 0 saturated heterocycles. The Balaban J connectivity index is 2.83. The van der Waals surface area contributed by atoms with Crippen molar-refractivity contribution in [3.8, 4) is 23.3 Å². The molecule has 98 valence electrons. The Kier molecular flexibility index (Phi) is 4.57. The van der Waals surface area contributed by atoms with Crippen LogP contribution in [0.3, 0.4) is 0 Å². The van der Waals surface area contributed by atoms with Crippen molar-refractivity contribution in [2.24, 2.45) is 0 Å². The predicted molar refractivity (Wildman–Crippen MR) is 83.0 cm³/mol. The maximum atomic E-state index is 9.26. The molecule has 0 spiro atoms. The minimum absolute atomic E-state index is 0.327. The normalized spacial score (nSPS) is 10.1. The van der Waals surface area contributed by atoms with Gasteiger partial charge in [-0.15, -0.1) is 12.6 Å². The first-order chi connectivity index (χ1) is 9.60. The van der Waals surface area contributed by atoms with E-state index < -0.39 is 4.84 Å². The molecule has 5 heteroatoms. The molecular formula is C15H8Cl2N2S. The highest BCUT2D eigenvalue weighted by atomic mass is 35.5. The van der Waals surface area contributed by atoms with E-state index >= 15 is 0 Å². The van der Waals surface area contributed by atoms with Crippen molar-refractivity contribution in [3.05, 3.63) is 53.1 Å². The van der Waals surface area contributed by atoms with Gasteiger partial charge in [-0.1, -0.05) is 47.5 Å². The van der Waals surface area contributed by atoms with Crippen LogP contribution in [0.2, 0.25) is 0 Å². The van der Waals surface area contributed by atoms with Crippen molar-refractivity contribution in [2.45, 2.75) is 9.73 Å². The van der Waals surface area contributed by atoms with Crippen LogP contribution in [0.15, 0.2) is 41.3 Å². The molecular weight excluding hydrogens is 311 g/mol. The molecule has 2 rings (SSSR count). The van der Waals surface area contributed by atoms with Crippen molar-refractivity contribution < 1.29 is 0 Å². The van der Waals surface area contributed by atoms with Gasteiger partial charge in [-0.3, -0.25) is 0 Å². The molecule has 0 unspecified atom stereocenters. The van der Waals surface area contributed by atoms with Crippen LogP contribution in [0.4, 0.5) is 0 Å². The summed E-state index contributed by atoms with van der Waals surface area (Å²) < 4.78 is 0.